The van der Waals surface area contributed by atoms with Gasteiger partial charge in [-0.3, -0.25) is 14.3 Å². The topological polar surface area (TPSA) is 83.8 Å². The van der Waals surface area contributed by atoms with E-state index in [1.807, 2.05) is 64.9 Å². The molecule has 10 heteroatoms. The fourth-order valence-corrected chi connectivity index (χ4v) is 4.68. The fraction of sp³-hybridized carbons (Fsp3) is 0.304. The van der Waals surface area contributed by atoms with E-state index < -0.39 is 12.2 Å². The van der Waals surface area contributed by atoms with E-state index in [0.29, 0.717) is 29.9 Å². The van der Waals surface area contributed by atoms with E-state index in [4.69, 9.17) is 16.3 Å². The van der Waals surface area contributed by atoms with Gasteiger partial charge in [0.2, 0.25) is 5.95 Å². The van der Waals surface area contributed by atoms with Crippen molar-refractivity contribution in [3.8, 4) is 17.1 Å². The molecule has 170 valence electrons. The maximum Gasteiger partial charge on any atom is 0.327 e. The van der Waals surface area contributed by atoms with Crippen molar-refractivity contribution in [2.75, 3.05) is 25.6 Å². The number of ether oxygens (including phenoxy) is 1. The van der Waals surface area contributed by atoms with Gasteiger partial charge in [-0.15, -0.1) is 10.2 Å². The number of fused-ring (bicyclic) bond motifs is 3. The normalized spacial score (nSPS) is 19.7. The molecule has 3 aromatic rings. The number of nitrogens with zero attached hydrogens (tertiary/aromatic N) is 6. The van der Waals surface area contributed by atoms with Gasteiger partial charge in [-0.2, -0.15) is 0 Å². The Morgan fingerprint density at radius 3 is 2.45 bits per heavy atom. The van der Waals surface area contributed by atoms with Gasteiger partial charge in [0.25, 0.3) is 5.91 Å². The first-order valence-corrected chi connectivity index (χ1v) is 11.0. The van der Waals surface area contributed by atoms with E-state index in [9.17, 15) is 9.59 Å². The third kappa shape index (κ3) is 3.31. The summed E-state index contributed by atoms with van der Waals surface area (Å²) in [5, 5.41) is 9.46. The van der Waals surface area contributed by atoms with E-state index in [1.165, 1.54) is 7.05 Å². The average Bonchev–Trinajstić information content (AvgIpc) is 3.37. The predicted molar refractivity (Wildman–Crippen MR) is 123 cm³/mol. The highest BCUT2D eigenvalue weighted by Gasteiger charge is 2.54. The molecule has 0 spiro atoms. The number of amides is 3. The van der Waals surface area contributed by atoms with E-state index in [1.54, 1.807) is 11.9 Å². The Kier molecular flexibility index (Phi) is 5.20. The van der Waals surface area contributed by atoms with Crippen LogP contribution in [0, 0.1) is 0 Å². The van der Waals surface area contributed by atoms with Gasteiger partial charge in [0.15, 0.2) is 11.9 Å². The summed E-state index contributed by atoms with van der Waals surface area (Å²) in [5.74, 6) is 1.54. The number of imide groups is 1. The summed E-state index contributed by atoms with van der Waals surface area (Å²) in [5.41, 5.74) is 1.66. The zero-order chi connectivity index (χ0) is 23.3. The molecule has 3 amide bonds. The van der Waals surface area contributed by atoms with Crippen LogP contribution >= 0.6 is 11.6 Å². The lowest BCUT2D eigenvalue weighted by Crippen LogP contribution is -2.61. The molecule has 3 heterocycles. The Bertz CT molecular complexity index is 1230. The third-order valence-corrected chi connectivity index (χ3v) is 6.48. The van der Waals surface area contributed by atoms with Crippen LogP contribution in [0.1, 0.15) is 18.7 Å². The molecule has 9 nitrogen and oxygen atoms in total. The summed E-state index contributed by atoms with van der Waals surface area (Å²) in [6, 6.07) is 14.0. The Morgan fingerprint density at radius 1 is 1.03 bits per heavy atom. The van der Waals surface area contributed by atoms with Crippen LogP contribution in [0.2, 0.25) is 5.02 Å². The quantitative estimate of drug-likeness (QED) is 0.573. The molecule has 2 atom stereocenters. The smallest absolute Gasteiger partial charge is 0.327 e. The van der Waals surface area contributed by atoms with E-state index in [2.05, 4.69) is 10.2 Å². The van der Waals surface area contributed by atoms with Gasteiger partial charge >= 0.3 is 6.03 Å². The summed E-state index contributed by atoms with van der Waals surface area (Å²) in [6.07, 6.45) is -0.588. The summed E-state index contributed by atoms with van der Waals surface area (Å²) in [7, 11) is 3.19. The zero-order valence-corrected chi connectivity index (χ0v) is 19.2. The standard InChI is InChI=1S/C23H23ClN6O3/c1-4-33-16-11-9-14(10-12-16)19-25-26-22-29(13-15-7-5-6-8-17(15)24)18-20(30(19)22)27(2)23(32)28(3)21(18)31/h5-12,18,20H,4,13H2,1-3H3. The van der Waals surface area contributed by atoms with Crippen LogP contribution < -0.4 is 9.64 Å². The second-order valence-electron chi connectivity index (χ2n) is 8.02. The maximum absolute atomic E-state index is 13.3. The number of benzene rings is 2. The van der Waals surface area contributed by atoms with Crippen molar-refractivity contribution in [1.82, 2.24) is 24.6 Å². The molecule has 33 heavy (non-hydrogen) atoms. The van der Waals surface area contributed by atoms with Crippen molar-refractivity contribution in [3.05, 3.63) is 59.1 Å². The lowest BCUT2D eigenvalue weighted by molar-refractivity contribution is -0.133. The summed E-state index contributed by atoms with van der Waals surface area (Å²) in [6.45, 7) is 2.85. The van der Waals surface area contributed by atoms with Crippen LogP contribution in [-0.4, -0.2) is 63.2 Å². The molecule has 2 aromatic carbocycles. The van der Waals surface area contributed by atoms with Crippen molar-refractivity contribution in [3.63, 3.8) is 0 Å². The maximum atomic E-state index is 13.3. The molecule has 2 aliphatic rings. The highest BCUT2D eigenvalue weighted by atomic mass is 35.5. The summed E-state index contributed by atoms with van der Waals surface area (Å²) in [4.78, 5) is 30.7. The monoisotopic (exact) mass is 466 g/mol. The second-order valence-corrected chi connectivity index (χ2v) is 8.43. The number of hydrogen-bond acceptors (Lipinski definition) is 6. The van der Waals surface area contributed by atoms with Crippen molar-refractivity contribution < 1.29 is 14.3 Å². The number of likely N-dealkylation sites (N-methyl/N-ethyl adjacent to an activating group) is 2. The third-order valence-electron chi connectivity index (χ3n) is 6.11. The first-order valence-electron chi connectivity index (χ1n) is 10.6. The summed E-state index contributed by atoms with van der Waals surface area (Å²) < 4.78 is 7.40. The molecule has 1 saturated heterocycles. The molecule has 1 fully saturated rings. The number of anilines is 1. The summed E-state index contributed by atoms with van der Waals surface area (Å²) >= 11 is 6.42. The molecule has 5 rings (SSSR count). The lowest BCUT2D eigenvalue weighted by Gasteiger charge is -2.40. The fourth-order valence-electron chi connectivity index (χ4n) is 4.48. The Morgan fingerprint density at radius 2 is 1.76 bits per heavy atom. The minimum Gasteiger partial charge on any atom is -0.494 e. The number of rotatable bonds is 5. The SMILES string of the molecule is CCOc1ccc(-c2nnc3n2C2C(C(=O)N(C)C(=O)N2C)N3Cc2ccccc2Cl)cc1. The Hall–Kier alpha value is -3.59. The number of urea groups is 1. The molecular formula is C23H23ClN6O3. The highest BCUT2D eigenvalue weighted by molar-refractivity contribution is 6.31. The van der Waals surface area contributed by atoms with Crippen LogP contribution in [0.5, 0.6) is 5.75 Å². The Labute approximate surface area is 196 Å². The van der Waals surface area contributed by atoms with Crippen molar-refractivity contribution in [2.24, 2.45) is 0 Å². The number of carbonyl (C=O) groups is 2. The number of aromatic nitrogens is 3. The Balaban J connectivity index is 1.62. The van der Waals surface area contributed by atoms with E-state index in [0.717, 1.165) is 21.8 Å². The van der Waals surface area contributed by atoms with Crippen LogP contribution in [-0.2, 0) is 11.3 Å². The highest BCUT2D eigenvalue weighted by Crippen LogP contribution is 2.43. The van der Waals surface area contributed by atoms with Crippen molar-refractivity contribution in [1.29, 1.82) is 0 Å². The molecule has 0 aliphatic carbocycles. The van der Waals surface area contributed by atoms with E-state index >= 15 is 0 Å². The number of carbonyl (C=O) groups excluding carboxylic acids is 2. The van der Waals surface area contributed by atoms with Crippen LogP contribution in [0.4, 0.5) is 10.7 Å². The molecule has 1 aromatic heterocycles. The van der Waals surface area contributed by atoms with Crippen LogP contribution in [0.3, 0.4) is 0 Å². The van der Waals surface area contributed by atoms with Crippen molar-refractivity contribution >= 4 is 29.5 Å². The van der Waals surface area contributed by atoms with Crippen molar-refractivity contribution in [2.45, 2.75) is 25.7 Å². The zero-order valence-electron chi connectivity index (χ0n) is 18.5. The van der Waals surface area contributed by atoms with Gasteiger partial charge in [0.05, 0.1) is 6.61 Å². The lowest BCUT2D eigenvalue weighted by atomic mass is 10.1. The molecule has 2 unspecified atom stereocenters. The van der Waals surface area contributed by atoms with Crippen LogP contribution in [0.15, 0.2) is 48.5 Å². The minimum atomic E-state index is -0.652. The van der Waals surface area contributed by atoms with E-state index in [-0.39, 0.29) is 11.9 Å². The molecule has 0 bridgehead atoms. The van der Waals surface area contributed by atoms with Gasteiger partial charge in [-0.25, -0.2) is 4.79 Å². The number of hydrogen-bond donors (Lipinski definition) is 0. The largest absolute Gasteiger partial charge is 0.494 e. The molecule has 0 N–H and O–H groups in total. The van der Waals surface area contributed by atoms with Crippen LogP contribution in [0.25, 0.3) is 11.4 Å². The first kappa shape index (κ1) is 21.3. The predicted octanol–water partition coefficient (Wildman–Crippen LogP) is 3.41. The second kappa shape index (κ2) is 8.08. The van der Waals surface area contributed by atoms with Gasteiger partial charge in [-0.1, -0.05) is 29.8 Å². The first-order chi connectivity index (χ1) is 15.9. The molecule has 2 aliphatic heterocycles. The van der Waals surface area contributed by atoms with Gasteiger partial charge in [0, 0.05) is 31.2 Å². The molecule has 0 saturated carbocycles. The average molecular weight is 467 g/mol. The van der Waals surface area contributed by atoms with Gasteiger partial charge < -0.3 is 14.5 Å². The number of halogens is 1. The minimum absolute atomic E-state index is 0.293. The molecule has 0 radical (unpaired) electrons. The van der Waals surface area contributed by atoms with Gasteiger partial charge in [0.1, 0.15) is 11.9 Å². The van der Waals surface area contributed by atoms with Gasteiger partial charge in [-0.05, 0) is 42.8 Å². The molecular weight excluding hydrogens is 444 g/mol.